The largest absolute Gasteiger partial charge is 0.493 e. The Bertz CT molecular complexity index is 836. The zero-order valence-corrected chi connectivity index (χ0v) is 16.0. The third-order valence-electron chi connectivity index (χ3n) is 4.09. The molecule has 0 saturated carbocycles. The summed E-state index contributed by atoms with van der Waals surface area (Å²) in [6.45, 7) is 5.38. The van der Waals surface area contributed by atoms with Gasteiger partial charge in [0.15, 0.2) is 11.5 Å². The fraction of sp³-hybridized carbons (Fsp3) is 0.300. The second kappa shape index (κ2) is 8.78. The zero-order valence-electron chi connectivity index (χ0n) is 15.2. The van der Waals surface area contributed by atoms with Crippen LogP contribution in [0.4, 0.5) is 0 Å². The van der Waals surface area contributed by atoms with Crippen LogP contribution in [0.1, 0.15) is 34.8 Å². The first-order valence-electron chi connectivity index (χ1n) is 8.49. The molecular weight excluding hydrogens is 346 g/mol. The van der Waals surface area contributed by atoms with E-state index in [4.69, 9.17) is 9.47 Å². The first kappa shape index (κ1) is 18.4. The molecule has 3 aromatic rings. The third kappa shape index (κ3) is 4.80. The maximum atomic E-state index is 5.90. The van der Waals surface area contributed by atoms with Crippen molar-refractivity contribution in [3.63, 3.8) is 0 Å². The quantitative estimate of drug-likeness (QED) is 0.642. The van der Waals surface area contributed by atoms with Crippen LogP contribution in [0.2, 0.25) is 0 Å². The number of aryl methyl sites for hydroxylation is 1. The molecule has 1 N–H and O–H groups in total. The van der Waals surface area contributed by atoms with Crippen LogP contribution in [0.3, 0.4) is 0 Å². The molecule has 0 saturated heterocycles. The van der Waals surface area contributed by atoms with Crippen LogP contribution in [0.15, 0.2) is 48.1 Å². The SMILES string of the molecule is COc1cc([C@@H](C)NCc2csc(C)n2)ccc1OCc1ccncc1. The molecule has 0 radical (unpaired) electrons. The number of ether oxygens (including phenoxy) is 2. The Hall–Kier alpha value is -2.44. The molecule has 0 unspecified atom stereocenters. The van der Waals surface area contributed by atoms with E-state index in [2.05, 4.69) is 33.7 Å². The Morgan fingerprint density at radius 2 is 1.96 bits per heavy atom. The average molecular weight is 369 g/mol. The van der Waals surface area contributed by atoms with Crippen LogP contribution in [0, 0.1) is 6.92 Å². The summed E-state index contributed by atoms with van der Waals surface area (Å²) in [7, 11) is 1.66. The van der Waals surface area contributed by atoms with E-state index >= 15 is 0 Å². The van der Waals surface area contributed by atoms with Gasteiger partial charge in [0.25, 0.3) is 0 Å². The summed E-state index contributed by atoms with van der Waals surface area (Å²) in [6, 6.07) is 10.1. The van der Waals surface area contributed by atoms with Gasteiger partial charge < -0.3 is 14.8 Å². The highest BCUT2D eigenvalue weighted by atomic mass is 32.1. The van der Waals surface area contributed by atoms with Gasteiger partial charge in [-0.25, -0.2) is 4.98 Å². The highest BCUT2D eigenvalue weighted by Crippen LogP contribution is 2.31. The number of benzene rings is 1. The van der Waals surface area contributed by atoms with Crippen LogP contribution in [-0.2, 0) is 13.2 Å². The predicted molar refractivity (Wildman–Crippen MR) is 104 cm³/mol. The van der Waals surface area contributed by atoms with Crippen molar-refractivity contribution in [1.82, 2.24) is 15.3 Å². The van der Waals surface area contributed by atoms with Gasteiger partial charge in [-0.05, 0) is 49.2 Å². The zero-order chi connectivity index (χ0) is 18.4. The average Bonchev–Trinajstić information content (AvgIpc) is 3.10. The highest BCUT2D eigenvalue weighted by Gasteiger charge is 2.11. The number of thiazole rings is 1. The number of hydrogen-bond donors (Lipinski definition) is 1. The van der Waals surface area contributed by atoms with Crippen molar-refractivity contribution in [3.8, 4) is 11.5 Å². The van der Waals surface area contributed by atoms with Crippen molar-refractivity contribution in [2.45, 2.75) is 33.0 Å². The van der Waals surface area contributed by atoms with Crippen molar-refractivity contribution in [1.29, 1.82) is 0 Å². The van der Waals surface area contributed by atoms with E-state index in [1.54, 1.807) is 30.8 Å². The van der Waals surface area contributed by atoms with Gasteiger partial charge in [0.1, 0.15) is 6.61 Å². The summed E-state index contributed by atoms with van der Waals surface area (Å²) >= 11 is 1.67. The molecule has 3 rings (SSSR count). The Morgan fingerprint density at radius 3 is 2.65 bits per heavy atom. The molecule has 2 heterocycles. The summed E-state index contributed by atoms with van der Waals surface area (Å²) in [5.74, 6) is 1.46. The number of pyridine rings is 1. The van der Waals surface area contributed by atoms with E-state index in [-0.39, 0.29) is 6.04 Å². The van der Waals surface area contributed by atoms with Crippen LogP contribution in [0.5, 0.6) is 11.5 Å². The minimum absolute atomic E-state index is 0.181. The predicted octanol–water partition coefficient (Wildman–Crippen LogP) is 4.28. The van der Waals surface area contributed by atoms with Crippen LogP contribution in [-0.4, -0.2) is 17.1 Å². The fourth-order valence-electron chi connectivity index (χ4n) is 2.58. The maximum absolute atomic E-state index is 5.90. The molecule has 0 fully saturated rings. The van der Waals surface area contributed by atoms with E-state index in [0.717, 1.165) is 39.9 Å². The molecule has 136 valence electrons. The van der Waals surface area contributed by atoms with Gasteiger partial charge in [-0.1, -0.05) is 6.07 Å². The van der Waals surface area contributed by atoms with Gasteiger partial charge in [0.2, 0.25) is 0 Å². The summed E-state index contributed by atoms with van der Waals surface area (Å²) < 4.78 is 11.4. The van der Waals surface area contributed by atoms with Gasteiger partial charge in [-0.3, -0.25) is 4.98 Å². The molecule has 6 heteroatoms. The molecule has 0 aliphatic heterocycles. The van der Waals surface area contributed by atoms with E-state index < -0.39 is 0 Å². The summed E-state index contributed by atoms with van der Waals surface area (Å²) in [6.07, 6.45) is 3.52. The molecule has 0 aliphatic carbocycles. The molecule has 1 atom stereocenters. The van der Waals surface area contributed by atoms with Crippen molar-refractivity contribution < 1.29 is 9.47 Å². The fourth-order valence-corrected chi connectivity index (χ4v) is 3.19. The first-order chi connectivity index (χ1) is 12.7. The second-order valence-electron chi connectivity index (χ2n) is 6.01. The lowest BCUT2D eigenvalue weighted by Crippen LogP contribution is -2.18. The lowest BCUT2D eigenvalue weighted by molar-refractivity contribution is 0.284. The Labute approximate surface area is 158 Å². The summed E-state index contributed by atoms with van der Waals surface area (Å²) in [5.41, 5.74) is 3.29. The van der Waals surface area contributed by atoms with E-state index in [0.29, 0.717) is 6.61 Å². The molecule has 0 amide bonds. The molecule has 0 bridgehead atoms. The van der Waals surface area contributed by atoms with Crippen LogP contribution in [0.25, 0.3) is 0 Å². The van der Waals surface area contributed by atoms with E-state index in [1.807, 2.05) is 31.2 Å². The van der Waals surface area contributed by atoms with Crippen molar-refractivity contribution in [3.05, 3.63) is 69.9 Å². The van der Waals surface area contributed by atoms with Crippen molar-refractivity contribution >= 4 is 11.3 Å². The van der Waals surface area contributed by atoms with Crippen LogP contribution >= 0.6 is 11.3 Å². The Balaban J connectivity index is 1.63. The Morgan fingerprint density at radius 1 is 1.15 bits per heavy atom. The lowest BCUT2D eigenvalue weighted by atomic mass is 10.1. The summed E-state index contributed by atoms with van der Waals surface area (Å²) in [5, 5.41) is 6.68. The number of hydrogen-bond acceptors (Lipinski definition) is 6. The Kier molecular flexibility index (Phi) is 6.20. The van der Waals surface area contributed by atoms with Crippen molar-refractivity contribution in [2.24, 2.45) is 0 Å². The molecule has 0 spiro atoms. The first-order valence-corrected chi connectivity index (χ1v) is 9.37. The van der Waals surface area contributed by atoms with Gasteiger partial charge in [-0.15, -0.1) is 11.3 Å². The molecule has 2 aromatic heterocycles. The third-order valence-corrected chi connectivity index (χ3v) is 4.91. The molecule has 26 heavy (non-hydrogen) atoms. The second-order valence-corrected chi connectivity index (χ2v) is 7.08. The number of nitrogens with one attached hydrogen (secondary N) is 1. The minimum Gasteiger partial charge on any atom is -0.493 e. The topological polar surface area (TPSA) is 56.3 Å². The molecule has 5 nitrogen and oxygen atoms in total. The van der Waals surface area contributed by atoms with Gasteiger partial charge >= 0.3 is 0 Å². The van der Waals surface area contributed by atoms with Crippen molar-refractivity contribution in [2.75, 3.05) is 7.11 Å². The van der Waals surface area contributed by atoms with Gasteiger partial charge in [-0.2, -0.15) is 0 Å². The molecule has 0 aliphatic rings. The van der Waals surface area contributed by atoms with Gasteiger partial charge in [0, 0.05) is 30.4 Å². The minimum atomic E-state index is 0.181. The van der Waals surface area contributed by atoms with Gasteiger partial charge in [0.05, 0.1) is 17.8 Å². The number of rotatable bonds is 8. The normalized spacial score (nSPS) is 12.0. The van der Waals surface area contributed by atoms with E-state index in [9.17, 15) is 0 Å². The van der Waals surface area contributed by atoms with Crippen LogP contribution < -0.4 is 14.8 Å². The molecular formula is C20H23N3O2S. The number of aromatic nitrogens is 2. The smallest absolute Gasteiger partial charge is 0.161 e. The molecule has 1 aromatic carbocycles. The summed E-state index contributed by atoms with van der Waals surface area (Å²) in [4.78, 5) is 8.50. The maximum Gasteiger partial charge on any atom is 0.161 e. The number of methoxy groups -OCH3 is 1. The number of nitrogens with zero attached hydrogens (tertiary/aromatic N) is 2. The standard InChI is InChI=1S/C20H23N3O2S/c1-14(22-11-18-13-26-15(2)23-18)17-4-5-19(20(10-17)24-3)25-12-16-6-8-21-9-7-16/h4-10,13-14,22H,11-12H2,1-3H3/t14-/m1/s1. The highest BCUT2D eigenvalue weighted by molar-refractivity contribution is 7.09. The monoisotopic (exact) mass is 369 g/mol. The van der Waals surface area contributed by atoms with E-state index in [1.165, 1.54) is 0 Å². The lowest BCUT2D eigenvalue weighted by Gasteiger charge is -2.17.